The summed E-state index contributed by atoms with van der Waals surface area (Å²) in [7, 11) is 0. The van der Waals surface area contributed by atoms with Gasteiger partial charge in [0.05, 0.1) is 10.7 Å². The quantitative estimate of drug-likeness (QED) is 0.340. The molecule has 0 heterocycles. The van der Waals surface area contributed by atoms with Crippen molar-refractivity contribution in [3.05, 3.63) is 28.5 Å². The third kappa shape index (κ3) is 1.94. The van der Waals surface area contributed by atoms with E-state index in [-0.39, 0.29) is 5.02 Å². The highest BCUT2D eigenvalue weighted by atomic mass is 35.5. The predicted octanol–water partition coefficient (Wildman–Crippen LogP) is 1.37. The second kappa shape index (κ2) is 4.26. The molecule has 0 aliphatic rings. The van der Waals surface area contributed by atoms with Crippen molar-refractivity contribution in [2.75, 3.05) is 5.01 Å². The zero-order valence-corrected chi connectivity index (χ0v) is 8.29. The summed E-state index contributed by atoms with van der Waals surface area (Å²) in [6.07, 6.45) is 1.18. The van der Waals surface area contributed by atoms with Crippen LogP contribution in [0.15, 0.2) is 17.2 Å². The molecule has 1 rings (SSSR count). The van der Waals surface area contributed by atoms with Crippen molar-refractivity contribution in [2.45, 2.75) is 6.92 Å². The lowest BCUT2D eigenvalue weighted by Gasteiger charge is -2.15. The van der Waals surface area contributed by atoms with E-state index in [0.717, 1.165) is 5.01 Å². The fourth-order valence-corrected chi connectivity index (χ4v) is 1.26. The van der Waals surface area contributed by atoms with Gasteiger partial charge in [-0.3, -0.25) is 5.01 Å². The smallest absolute Gasteiger partial charge is 0.146 e. The van der Waals surface area contributed by atoms with Gasteiger partial charge in [0.1, 0.15) is 12.2 Å². The van der Waals surface area contributed by atoms with Crippen LogP contribution in [-0.2, 0) is 0 Å². The molecule has 0 bridgehead atoms. The van der Waals surface area contributed by atoms with Gasteiger partial charge in [0.15, 0.2) is 0 Å². The second-order valence-corrected chi connectivity index (χ2v) is 3.08. The number of nitrogens with zero attached hydrogens (tertiary/aromatic N) is 2. The Balaban J connectivity index is 3.17. The summed E-state index contributed by atoms with van der Waals surface area (Å²) >= 11 is 5.58. The molecule has 0 aliphatic heterocycles. The van der Waals surface area contributed by atoms with Crippen molar-refractivity contribution in [3.8, 4) is 0 Å². The first-order valence-electron chi connectivity index (χ1n) is 3.80. The van der Waals surface area contributed by atoms with Gasteiger partial charge in [-0.2, -0.15) is 5.10 Å². The minimum atomic E-state index is -0.495. The molecule has 0 unspecified atom stereocenters. The van der Waals surface area contributed by atoms with E-state index in [4.69, 9.17) is 23.3 Å². The van der Waals surface area contributed by atoms with Crippen LogP contribution < -0.4 is 16.7 Å². The van der Waals surface area contributed by atoms with Gasteiger partial charge >= 0.3 is 0 Å². The Morgan fingerprint density at radius 1 is 1.57 bits per heavy atom. The number of benzene rings is 1. The zero-order valence-electron chi connectivity index (χ0n) is 7.54. The zero-order chi connectivity index (χ0) is 10.7. The second-order valence-electron chi connectivity index (χ2n) is 2.68. The summed E-state index contributed by atoms with van der Waals surface area (Å²) in [5.41, 5.74) is 0.806. The predicted molar refractivity (Wildman–Crippen MR) is 55.5 cm³/mol. The third-order valence-electron chi connectivity index (χ3n) is 1.78. The molecule has 0 amide bonds. The Kier molecular flexibility index (Phi) is 3.27. The van der Waals surface area contributed by atoms with Gasteiger partial charge in [-0.05, 0) is 19.1 Å². The number of hydrogen-bond donors (Lipinski definition) is 2. The Morgan fingerprint density at radius 3 is 2.79 bits per heavy atom. The van der Waals surface area contributed by atoms with E-state index < -0.39 is 5.82 Å². The van der Waals surface area contributed by atoms with Gasteiger partial charge in [0, 0.05) is 5.56 Å². The molecule has 1 aromatic rings. The third-order valence-corrected chi connectivity index (χ3v) is 2.07. The summed E-state index contributed by atoms with van der Waals surface area (Å²) in [6, 6.07) is 3.01. The van der Waals surface area contributed by atoms with E-state index in [0.29, 0.717) is 11.3 Å². The Hall–Kier alpha value is -1.33. The number of anilines is 1. The number of hydrazone groups is 1. The average Bonchev–Trinajstić information content (AvgIpc) is 2.15. The summed E-state index contributed by atoms with van der Waals surface area (Å²) in [4.78, 5) is 0. The largest absolute Gasteiger partial charge is 0.322 e. The lowest BCUT2D eigenvalue weighted by Crippen LogP contribution is -2.30. The molecule has 0 saturated heterocycles. The van der Waals surface area contributed by atoms with Gasteiger partial charge in [0.25, 0.3) is 0 Å². The van der Waals surface area contributed by atoms with E-state index in [2.05, 4.69) is 5.10 Å². The molecule has 1 aromatic carbocycles. The normalized spacial score (nSPS) is 10.9. The van der Waals surface area contributed by atoms with Crippen LogP contribution in [-0.4, -0.2) is 6.34 Å². The number of halogens is 2. The molecular formula is C8H10ClFN4. The Labute approximate surface area is 85.9 Å². The Bertz CT molecular complexity index is 367. The summed E-state index contributed by atoms with van der Waals surface area (Å²) in [5.74, 6) is 9.94. The molecule has 14 heavy (non-hydrogen) atoms. The molecule has 4 nitrogen and oxygen atoms in total. The monoisotopic (exact) mass is 216 g/mol. The summed E-state index contributed by atoms with van der Waals surface area (Å²) in [6.45, 7) is 1.57. The molecule has 0 atom stereocenters. The highest BCUT2D eigenvalue weighted by Crippen LogP contribution is 2.25. The van der Waals surface area contributed by atoms with Crippen molar-refractivity contribution in [3.63, 3.8) is 0 Å². The fraction of sp³-hybridized carbons (Fsp3) is 0.125. The number of hydrogen-bond acceptors (Lipinski definition) is 3. The standard InChI is InChI=1S/C8H10ClFN4/c1-5-7(14(12)4-13-11)3-2-6(9)8(5)10/h2-4H,11-12H2,1H3/b13-4-. The van der Waals surface area contributed by atoms with E-state index in [1.807, 2.05) is 0 Å². The van der Waals surface area contributed by atoms with Crippen molar-refractivity contribution in [1.82, 2.24) is 0 Å². The lowest BCUT2D eigenvalue weighted by molar-refractivity contribution is 0.619. The van der Waals surface area contributed by atoms with Crippen molar-refractivity contribution in [1.29, 1.82) is 0 Å². The van der Waals surface area contributed by atoms with Crippen LogP contribution in [0.4, 0.5) is 10.1 Å². The molecule has 0 spiro atoms. The van der Waals surface area contributed by atoms with Gasteiger partial charge in [-0.25, -0.2) is 10.2 Å². The van der Waals surface area contributed by atoms with Gasteiger partial charge < -0.3 is 5.84 Å². The van der Waals surface area contributed by atoms with Crippen LogP contribution in [0.3, 0.4) is 0 Å². The van der Waals surface area contributed by atoms with Crippen LogP contribution in [0.2, 0.25) is 5.02 Å². The molecule has 0 saturated carbocycles. The van der Waals surface area contributed by atoms with Crippen LogP contribution in [0.1, 0.15) is 5.56 Å². The van der Waals surface area contributed by atoms with Gasteiger partial charge in [0.2, 0.25) is 0 Å². The molecule has 4 N–H and O–H groups in total. The summed E-state index contributed by atoms with van der Waals surface area (Å²) in [5, 5.41) is 4.41. The Morgan fingerprint density at radius 2 is 2.21 bits per heavy atom. The van der Waals surface area contributed by atoms with Crippen LogP contribution in [0.5, 0.6) is 0 Å². The maximum atomic E-state index is 13.3. The van der Waals surface area contributed by atoms with Gasteiger partial charge in [-0.15, -0.1) is 0 Å². The van der Waals surface area contributed by atoms with E-state index in [1.165, 1.54) is 12.4 Å². The van der Waals surface area contributed by atoms with Crippen molar-refractivity contribution >= 4 is 23.6 Å². The van der Waals surface area contributed by atoms with Crippen molar-refractivity contribution < 1.29 is 4.39 Å². The minimum Gasteiger partial charge on any atom is -0.322 e. The fourth-order valence-electron chi connectivity index (χ4n) is 1.06. The number of hydrazine groups is 1. The average molecular weight is 217 g/mol. The maximum absolute atomic E-state index is 13.3. The molecule has 0 radical (unpaired) electrons. The van der Waals surface area contributed by atoms with E-state index in [1.54, 1.807) is 13.0 Å². The van der Waals surface area contributed by atoms with Crippen LogP contribution >= 0.6 is 11.6 Å². The van der Waals surface area contributed by atoms with Crippen molar-refractivity contribution in [2.24, 2.45) is 16.8 Å². The molecule has 0 aromatic heterocycles. The van der Waals surface area contributed by atoms with E-state index >= 15 is 0 Å². The van der Waals surface area contributed by atoms with Crippen LogP contribution in [0.25, 0.3) is 0 Å². The molecular weight excluding hydrogens is 207 g/mol. The molecule has 76 valence electrons. The SMILES string of the molecule is Cc1c(N(N)/C=N\N)ccc(Cl)c1F. The molecule has 0 fully saturated rings. The molecule has 6 heteroatoms. The number of rotatable bonds is 2. The van der Waals surface area contributed by atoms with Gasteiger partial charge in [-0.1, -0.05) is 11.6 Å². The first-order valence-corrected chi connectivity index (χ1v) is 4.17. The minimum absolute atomic E-state index is 0.0596. The van der Waals surface area contributed by atoms with Crippen LogP contribution in [0, 0.1) is 12.7 Å². The lowest BCUT2D eigenvalue weighted by atomic mass is 10.2. The highest BCUT2D eigenvalue weighted by Gasteiger charge is 2.10. The highest BCUT2D eigenvalue weighted by molar-refractivity contribution is 6.30. The number of nitrogens with two attached hydrogens (primary N) is 2. The first-order chi connectivity index (χ1) is 6.57. The first kappa shape index (κ1) is 10.7. The molecule has 0 aliphatic carbocycles. The maximum Gasteiger partial charge on any atom is 0.146 e. The summed E-state index contributed by atoms with van der Waals surface area (Å²) < 4.78 is 13.3. The topological polar surface area (TPSA) is 67.6 Å². The van der Waals surface area contributed by atoms with E-state index in [9.17, 15) is 4.39 Å².